The van der Waals surface area contributed by atoms with Gasteiger partial charge >= 0.3 is 5.97 Å². The van der Waals surface area contributed by atoms with E-state index >= 15 is 0 Å². The van der Waals surface area contributed by atoms with Gasteiger partial charge in [-0.25, -0.2) is 4.79 Å². The van der Waals surface area contributed by atoms with Crippen molar-refractivity contribution in [2.24, 2.45) is 5.92 Å². The summed E-state index contributed by atoms with van der Waals surface area (Å²) < 4.78 is 0. The summed E-state index contributed by atoms with van der Waals surface area (Å²) in [6.07, 6.45) is 3.50. The first kappa shape index (κ1) is 12.6. The number of carbonyl (C=O) groups is 2. The van der Waals surface area contributed by atoms with Crippen LogP contribution in [-0.2, 0) is 0 Å². The van der Waals surface area contributed by atoms with Crippen LogP contribution in [0.2, 0.25) is 0 Å². The minimum absolute atomic E-state index is 0.0517. The molecule has 2 rings (SSSR count). The number of carboxylic acid groups (broad SMARTS) is 1. The van der Waals surface area contributed by atoms with Gasteiger partial charge in [0.1, 0.15) is 0 Å². The quantitative estimate of drug-likeness (QED) is 0.858. The molecule has 4 heteroatoms. The van der Waals surface area contributed by atoms with Crippen LogP contribution in [0.3, 0.4) is 0 Å². The van der Waals surface area contributed by atoms with E-state index in [1.807, 2.05) is 6.92 Å². The van der Waals surface area contributed by atoms with Crippen molar-refractivity contribution in [3.05, 3.63) is 35.4 Å². The summed E-state index contributed by atoms with van der Waals surface area (Å²) >= 11 is 0. The van der Waals surface area contributed by atoms with E-state index < -0.39 is 5.97 Å². The molecule has 2 N–H and O–H groups in total. The van der Waals surface area contributed by atoms with Crippen molar-refractivity contribution in [3.63, 3.8) is 0 Å². The maximum atomic E-state index is 12.1. The Morgan fingerprint density at radius 2 is 1.89 bits per heavy atom. The van der Waals surface area contributed by atoms with Crippen LogP contribution in [-0.4, -0.2) is 23.0 Å². The second-order valence-corrected chi connectivity index (χ2v) is 4.80. The Morgan fingerprint density at radius 3 is 2.39 bits per heavy atom. The summed E-state index contributed by atoms with van der Waals surface area (Å²) in [7, 11) is 0. The Labute approximate surface area is 106 Å². The van der Waals surface area contributed by atoms with Crippen LogP contribution >= 0.6 is 0 Å². The molecule has 1 atom stereocenters. The normalized spacial score (nSPS) is 16.7. The van der Waals surface area contributed by atoms with Crippen molar-refractivity contribution in [2.75, 3.05) is 0 Å². The van der Waals surface area contributed by atoms with Crippen LogP contribution in [0.1, 0.15) is 46.9 Å². The average Bonchev–Trinajstić information content (AvgIpc) is 2.26. The molecule has 1 aromatic carbocycles. The van der Waals surface area contributed by atoms with Crippen molar-refractivity contribution in [1.29, 1.82) is 0 Å². The van der Waals surface area contributed by atoms with Gasteiger partial charge in [0.05, 0.1) is 11.1 Å². The third-order valence-corrected chi connectivity index (χ3v) is 3.62. The van der Waals surface area contributed by atoms with Gasteiger partial charge < -0.3 is 10.4 Å². The number of rotatable bonds is 4. The van der Waals surface area contributed by atoms with Crippen LogP contribution < -0.4 is 5.32 Å². The van der Waals surface area contributed by atoms with Crippen molar-refractivity contribution in [1.82, 2.24) is 5.32 Å². The minimum Gasteiger partial charge on any atom is -0.478 e. The fourth-order valence-electron chi connectivity index (χ4n) is 2.21. The molecule has 0 heterocycles. The molecule has 96 valence electrons. The molecule has 0 aromatic heterocycles. The number of benzene rings is 1. The molecule has 0 aliphatic heterocycles. The largest absolute Gasteiger partial charge is 0.478 e. The molecule has 1 aromatic rings. The Kier molecular flexibility index (Phi) is 3.65. The predicted octanol–water partition coefficient (Wildman–Crippen LogP) is 2.30. The summed E-state index contributed by atoms with van der Waals surface area (Å²) in [4.78, 5) is 23.1. The molecule has 1 saturated carbocycles. The van der Waals surface area contributed by atoms with Gasteiger partial charge in [-0.1, -0.05) is 18.6 Å². The van der Waals surface area contributed by atoms with E-state index in [4.69, 9.17) is 5.11 Å². The Balaban J connectivity index is 2.10. The van der Waals surface area contributed by atoms with Gasteiger partial charge in [-0.3, -0.25) is 4.79 Å². The Bertz CT molecular complexity index is 466. The van der Waals surface area contributed by atoms with Crippen LogP contribution in [0.15, 0.2) is 24.3 Å². The monoisotopic (exact) mass is 247 g/mol. The summed E-state index contributed by atoms with van der Waals surface area (Å²) in [5, 5.41) is 11.9. The molecular weight excluding hydrogens is 230 g/mol. The summed E-state index contributed by atoms with van der Waals surface area (Å²) in [5.41, 5.74) is 0.284. The van der Waals surface area contributed by atoms with Crippen LogP contribution in [0.4, 0.5) is 0 Å². The topological polar surface area (TPSA) is 66.4 Å². The highest BCUT2D eigenvalue weighted by atomic mass is 16.4. The number of hydrogen-bond donors (Lipinski definition) is 2. The average molecular weight is 247 g/mol. The van der Waals surface area contributed by atoms with Crippen LogP contribution in [0.25, 0.3) is 0 Å². The summed E-state index contributed by atoms with van der Waals surface area (Å²) in [6.45, 7) is 1.98. The highest BCUT2D eigenvalue weighted by Crippen LogP contribution is 2.29. The molecule has 0 radical (unpaired) electrons. The lowest BCUT2D eigenvalue weighted by Crippen LogP contribution is -2.41. The highest BCUT2D eigenvalue weighted by molar-refractivity contribution is 6.04. The zero-order valence-corrected chi connectivity index (χ0v) is 10.3. The van der Waals surface area contributed by atoms with Gasteiger partial charge in [0.25, 0.3) is 5.91 Å². The van der Waals surface area contributed by atoms with Crippen LogP contribution in [0.5, 0.6) is 0 Å². The lowest BCUT2D eigenvalue weighted by molar-refractivity contribution is 0.0689. The van der Waals surface area contributed by atoms with Gasteiger partial charge in [0.15, 0.2) is 0 Å². The first-order valence-corrected chi connectivity index (χ1v) is 6.23. The van der Waals surface area contributed by atoms with E-state index in [2.05, 4.69) is 5.32 Å². The fourth-order valence-corrected chi connectivity index (χ4v) is 2.21. The zero-order chi connectivity index (χ0) is 13.1. The number of nitrogens with one attached hydrogen (secondary N) is 1. The molecule has 1 aliphatic carbocycles. The van der Waals surface area contributed by atoms with Gasteiger partial charge in [0, 0.05) is 6.04 Å². The first-order chi connectivity index (χ1) is 8.59. The number of aromatic carboxylic acids is 1. The van der Waals surface area contributed by atoms with Crippen molar-refractivity contribution in [3.8, 4) is 0 Å². The number of hydrogen-bond acceptors (Lipinski definition) is 2. The van der Waals surface area contributed by atoms with E-state index in [1.165, 1.54) is 12.5 Å². The first-order valence-electron chi connectivity index (χ1n) is 6.23. The second-order valence-electron chi connectivity index (χ2n) is 4.80. The van der Waals surface area contributed by atoms with E-state index in [-0.39, 0.29) is 23.1 Å². The molecule has 0 saturated heterocycles. The molecular formula is C14H17NO3. The van der Waals surface area contributed by atoms with Crippen molar-refractivity contribution >= 4 is 11.9 Å². The van der Waals surface area contributed by atoms with E-state index in [0.29, 0.717) is 5.92 Å². The van der Waals surface area contributed by atoms with E-state index in [0.717, 1.165) is 12.8 Å². The number of amides is 1. The predicted molar refractivity (Wildman–Crippen MR) is 67.7 cm³/mol. The van der Waals surface area contributed by atoms with E-state index in [9.17, 15) is 9.59 Å². The maximum absolute atomic E-state index is 12.1. The summed E-state index contributed by atoms with van der Waals surface area (Å²) in [5.74, 6) is -0.838. The van der Waals surface area contributed by atoms with Gasteiger partial charge in [0.2, 0.25) is 0 Å². The standard InChI is InChI=1S/C14H17NO3/c1-9(10-5-4-6-10)15-13(16)11-7-2-3-8-12(11)14(17)18/h2-3,7-10H,4-6H2,1H3,(H,15,16)(H,17,18). The Morgan fingerprint density at radius 1 is 1.28 bits per heavy atom. The fraction of sp³-hybridized carbons (Fsp3) is 0.429. The molecule has 0 bridgehead atoms. The van der Waals surface area contributed by atoms with E-state index in [1.54, 1.807) is 18.2 Å². The smallest absolute Gasteiger partial charge is 0.336 e. The van der Waals surface area contributed by atoms with Gasteiger partial charge in [-0.2, -0.15) is 0 Å². The van der Waals surface area contributed by atoms with Gasteiger partial charge in [-0.15, -0.1) is 0 Å². The molecule has 4 nitrogen and oxygen atoms in total. The second kappa shape index (κ2) is 5.21. The Hall–Kier alpha value is -1.84. The zero-order valence-electron chi connectivity index (χ0n) is 10.3. The molecule has 1 fully saturated rings. The molecule has 1 unspecified atom stereocenters. The third-order valence-electron chi connectivity index (χ3n) is 3.62. The maximum Gasteiger partial charge on any atom is 0.336 e. The molecule has 1 aliphatic rings. The lowest BCUT2D eigenvalue weighted by Gasteiger charge is -2.31. The summed E-state index contributed by atoms with van der Waals surface area (Å²) in [6, 6.07) is 6.40. The number of carbonyl (C=O) groups excluding carboxylic acids is 1. The van der Waals surface area contributed by atoms with Crippen molar-refractivity contribution < 1.29 is 14.7 Å². The lowest BCUT2D eigenvalue weighted by atomic mass is 9.80. The SMILES string of the molecule is CC(NC(=O)c1ccccc1C(=O)O)C1CCC1. The molecule has 1 amide bonds. The molecule has 18 heavy (non-hydrogen) atoms. The molecule has 0 spiro atoms. The van der Waals surface area contributed by atoms with Crippen molar-refractivity contribution in [2.45, 2.75) is 32.2 Å². The van der Waals surface area contributed by atoms with Crippen LogP contribution in [0, 0.1) is 5.92 Å². The van der Waals surface area contributed by atoms with Gasteiger partial charge in [-0.05, 0) is 37.8 Å². The highest BCUT2D eigenvalue weighted by Gasteiger charge is 2.26. The third kappa shape index (κ3) is 2.53. The number of carboxylic acids is 1. The minimum atomic E-state index is -1.07.